The lowest BCUT2D eigenvalue weighted by Gasteiger charge is -1.78. The molecule has 0 spiro atoms. The second-order valence-corrected chi connectivity index (χ2v) is 1.38. The van der Waals surface area contributed by atoms with Gasteiger partial charge in [-0.15, -0.1) is 0 Å². The Labute approximate surface area is 32.0 Å². The van der Waals surface area contributed by atoms with Crippen LogP contribution in [0.25, 0.3) is 0 Å². The predicted octanol–water partition coefficient (Wildman–Crippen LogP) is 0.841. The number of hydrogen-bond donors (Lipinski definition) is 0. The summed E-state index contributed by atoms with van der Waals surface area (Å²) < 4.78 is 0. The molecule has 0 unspecified atom stereocenters. The van der Waals surface area contributed by atoms with Gasteiger partial charge < -0.3 is 4.79 Å². The number of rotatable bonds is 1. The van der Waals surface area contributed by atoms with E-state index >= 15 is 0 Å². The van der Waals surface area contributed by atoms with E-state index in [0.29, 0.717) is 0 Å². The molecule has 0 heterocycles. The summed E-state index contributed by atoms with van der Waals surface area (Å²) in [5.41, 5.74) is 0. The lowest BCUT2D eigenvalue weighted by molar-refractivity contribution is -0.110. The first kappa shape index (κ1) is 4.67. The van der Waals surface area contributed by atoms with E-state index in [1.54, 1.807) is 0 Å². The highest BCUT2D eigenvalue weighted by atomic mass is 18.1. The Kier molecular flexibility index (Phi) is 1.81. The highest BCUT2D eigenvalue weighted by Gasteiger charge is 1.79. The molecule has 0 radical (unpaired) electrons. The molecule has 0 rings (SSSR count). The largest absolute Gasteiger partial charge is 0.303 e. The Hall–Kier alpha value is -0.330. The highest BCUT2D eigenvalue weighted by Crippen LogP contribution is 1.78. The van der Waals surface area contributed by atoms with Crippen molar-refractivity contribution in [2.24, 2.45) is 5.92 Å². The average molecular weight is 75.1 g/mol. The molecule has 30 valence electrons. The Morgan fingerprint density at radius 1 is 1.60 bits per heavy atom. The molecule has 0 aliphatic heterocycles. The average Bonchev–Trinajstić information content (AvgIpc) is 1.38. The molecule has 0 aromatic rings. The molecule has 0 atom stereocenters. The minimum Gasteiger partial charge on any atom is -0.303 e. The van der Waals surface area contributed by atoms with Gasteiger partial charge in [-0.2, -0.15) is 0 Å². The van der Waals surface area contributed by atoms with Gasteiger partial charge in [0.15, 0.2) is 0 Å². The lowest BCUT2D eigenvalue weighted by Crippen LogP contribution is -1.82. The van der Waals surface area contributed by atoms with E-state index in [1.807, 2.05) is 13.8 Å². The van der Waals surface area contributed by atoms with Crippen molar-refractivity contribution in [3.05, 3.63) is 0 Å². The van der Waals surface area contributed by atoms with Gasteiger partial charge in [-0.1, -0.05) is 13.8 Å². The van der Waals surface area contributed by atoms with Crippen LogP contribution in [0.5, 0.6) is 0 Å². The smallest absolute Gasteiger partial charge is 0.122 e. The van der Waals surface area contributed by atoms with Gasteiger partial charge in [0, 0.05) is 5.92 Å². The van der Waals surface area contributed by atoms with Crippen molar-refractivity contribution in [3.8, 4) is 0 Å². The van der Waals surface area contributed by atoms with Gasteiger partial charge in [0.05, 0.1) is 0 Å². The van der Waals surface area contributed by atoms with Gasteiger partial charge >= 0.3 is 0 Å². The fourth-order valence-electron chi connectivity index (χ4n) is 0. The van der Waals surface area contributed by atoms with Crippen LogP contribution in [-0.4, -0.2) is 6.29 Å². The van der Waals surface area contributed by atoms with E-state index in [9.17, 15) is 4.79 Å². The van der Waals surface area contributed by atoms with Crippen LogP contribution in [0.2, 0.25) is 0 Å². The Morgan fingerprint density at radius 3 is 1.80 bits per heavy atom. The van der Waals surface area contributed by atoms with Gasteiger partial charge in [-0.25, -0.2) is 0 Å². The second-order valence-electron chi connectivity index (χ2n) is 1.38. The Bertz CT molecular complexity index is 30.6. The molecule has 0 bridgehead atoms. The first-order valence-corrected chi connectivity index (χ1v) is 1.72. The first-order chi connectivity index (χ1) is 2.27. The van der Waals surface area contributed by atoms with E-state index < -0.39 is 0 Å². The van der Waals surface area contributed by atoms with Gasteiger partial charge in [0.1, 0.15) is 6.29 Å². The molecule has 0 fully saturated rings. The maximum Gasteiger partial charge on any atom is 0.122 e. The molecule has 0 aromatic carbocycles. The molecular formula is C4H8O. The van der Waals surface area contributed by atoms with Crippen LogP contribution < -0.4 is 0 Å². The van der Waals surface area contributed by atoms with E-state index in [4.69, 9.17) is 0 Å². The summed E-state index contributed by atoms with van der Waals surface area (Å²) in [6, 6.07) is 0. The van der Waals surface area contributed by atoms with Crippen molar-refractivity contribution < 1.29 is 4.79 Å². The standard InChI is InChI=1S/C4H8O/c1-4(2)3-5/h3-4H,1-2H3/i3+1,5+2. The third kappa shape index (κ3) is 3.67. The molecule has 1 heteroatoms. The number of carbonyl (C=O) groups excluding carboxylic acids is 1. The maximum atomic E-state index is 9.50. The normalized spacial score (nSPS) is 8.60. The molecule has 1 nitrogen and oxygen atoms in total. The van der Waals surface area contributed by atoms with Crippen molar-refractivity contribution in [1.82, 2.24) is 0 Å². The summed E-state index contributed by atoms with van der Waals surface area (Å²) in [6.45, 7) is 3.71. The summed E-state index contributed by atoms with van der Waals surface area (Å²) in [4.78, 5) is 9.50. The van der Waals surface area contributed by atoms with Crippen molar-refractivity contribution in [1.29, 1.82) is 0 Å². The third-order valence-electron chi connectivity index (χ3n) is 0.272. The first-order valence-electron chi connectivity index (χ1n) is 1.72. The van der Waals surface area contributed by atoms with E-state index in [-0.39, 0.29) is 5.92 Å². The van der Waals surface area contributed by atoms with Crippen LogP contribution >= 0.6 is 0 Å². The molecule has 0 aliphatic rings. The van der Waals surface area contributed by atoms with E-state index in [1.165, 1.54) is 0 Å². The van der Waals surface area contributed by atoms with Crippen molar-refractivity contribution in [2.75, 3.05) is 0 Å². The summed E-state index contributed by atoms with van der Waals surface area (Å²) in [5.74, 6) is 0.204. The maximum absolute atomic E-state index is 9.50. The molecule has 0 N–H and O–H groups in total. The van der Waals surface area contributed by atoms with Crippen LogP contribution in [0.15, 0.2) is 0 Å². The quantitative estimate of drug-likeness (QED) is 0.256. The summed E-state index contributed by atoms with van der Waals surface area (Å²) >= 11 is 0. The van der Waals surface area contributed by atoms with Crippen molar-refractivity contribution in [2.45, 2.75) is 13.8 Å². The molecule has 0 amide bonds. The molecule has 0 aliphatic carbocycles. The molecule has 0 saturated carbocycles. The molecule has 0 aromatic heterocycles. The lowest BCUT2D eigenvalue weighted by atomic mass is 10.4. The number of carbonyl (C=O) groups is 1. The minimum absolute atomic E-state index is 0.204. The summed E-state index contributed by atoms with van der Waals surface area (Å²) in [6.07, 6.45) is 0.917. The van der Waals surface area contributed by atoms with Gasteiger partial charge in [-0.05, 0) is 0 Å². The second kappa shape index (κ2) is 1.94. The van der Waals surface area contributed by atoms with Crippen LogP contribution in [0.3, 0.4) is 0 Å². The number of hydrogen-bond acceptors (Lipinski definition) is 1. The Balaban J connectivity index is 2.83. The van der Waals surface area contributed by atoms with Crippen molar-refractivity contribution in [3.63, 3.8) is 0 Å². The zero-order valence-corrected chi connectivity index (χ0v) is 3.56. The predicted molar refractivity (Wildman–Crippen MR) is 20.9 cm³/mol. The fraction of sp³-hybridized carbons (Fsp3) is 0.750. The monoisotopic (exact) mass is 75.1 g/mol. The van der Waals surface area contributed by atoms with Gasteiger partial charge in [-0.3, -0.25) is 0 Å². The highest BCUT2D eigenvalue weighted by molar-refractivity contribution is 5.51. The van der Waals surface area contributed by atoms with Crippen LogP contribution in [0.4, 0.5) is 0 Å². The van der Waals surface area contributed by atoms with Crippen molar-refractivity contribution >= 4 is 6.29 Å². The summed E-state index contributed by atoms with van der Waals surface area (Å²) in [7, 11) is 0. The van der Waals surface area contributed by atoms with Crippen LogP contribution in [0.1, 0.15) is 13.8 Å². The molecule has 0 saturated heterocycles. The number of aldehydes is 1. The van der Waals surface area contributed by atoms with E-state index in [0.717, 1.165) is 6.29 Å². The fourth-order valence-corrected chi connectivity index (χ4v) is 0. The zero-order chi connectivity index (χ0) is 4.28. The summed E-state index contributed by atoms with van der Waals surface area (Å²) in [5, 5.41) is 0. The van der Waals surface area contributed by atoms with Crippen LogP contribution in [-0.2, 0) is 4.79 Å². The zero-order valence-electron chi connectivity index (χ0n) is 3.56. The van der Waals surface area contributed by atoms with Gasteiger partial charge in [0.2, 0.25) is 0 Å². The van der Waals surface area contributed by atoms with Crippen LogP contribution in [0, 0.1) is 5.92 Å². The Morgan fingerprint density at radius 2 is 1.80 bits per heavy atom. The third-order valence-corrected chi connectivity index (χ3v) is 0.272. The SMILES string of the molecule is CC(C)[13CH]=[18O]. The minimum atomic E-state index is 0.204. The molecular weight excluding hydrogens is 67.0 g/mol. The topological polar surface area (TPSA) is 17.1 Å². The molecule has 5 heavy (non-hydrogen) atoms. The van der Waals surface area contributed by atoms with Gasteiger partial charge in [0.25, 0.3) is 0 Å². The van der Waals surface area contributed by atoms with E-state index in [2.05, 4.69) is 0 Å².